The monoisotopic (exact) mass is 346 g/mol. The summed E-state index contributed by atoms with van der Waals surface area (Å²) in [6, 6.07) is 16.3. The standard InChI is InChI=1S/C20H18N4S/c1-14-7-3-6-10-19(14)24-12-11-21-20(24)25-13-18-15(2)22-16-8-4-5-9-17(16)23-18/h3-12H,13H2,1-2H3. The van der Waals surface area contributed by atoms with Crippen molar-refractivity contribution in [2.45, 2.75) is 24.8 Å². The van der Waals surface area contributed by atoms with E-state index in [4.69, 9.17) is 4.98 Å². The molecular formula is C20H18N4S. The lowest BCUT2D eigenvalue weighted by atomic mass is 10.2. The van der Waals surface area contributed by atoms with Crippen molar-refractivity contribution >= 4 is 22.8 Å². The molecule has 0 saturated carbocycles. The topological polar surface area (TPSA) is 43.6 Å². The van der Waals surface area contributed by atoms with E-state index in [0.717, 1.165) is 39.0 Å². The van der Waals surface area contributed by atoms with Crippen LogP contribution in [0.5, 0.6) is 0 Å². The Hall–Kier alpha value is -2.66. The first-order valence-corrected chi connectivity index (χ1v) is 9.15. The van der Waals surface area contributed by atoms with Crippen molar-refractivity contribution in [3.05, 3.63) is 77.9 Å². The highest BCUT2D eigenvalue weighted by atomic mass is 32.2. The maximum absolute atomic E-state index is 4.77. The summed E-state index contributed by atoms with van der Waals surface area (Å²) >= 11 is 1.68. The number of nitrogens with zero attached hydrogens (tertiary/aromatic N) is 4. The van der Waals surface area contributed by atoms with Crippen molar-refractivity contribution in [2.24, 2.45) is 0 Å². The number of fused-ring (bicyclic) bond motifs is 1. The van der Waals surface area contributed by atoms with Gasteiger partial charge < -0.3 is 0 Å². The van der Waals surface area contributed by atoms with Gasteiger partial charge in [-0.2, -0.15) is 0 Å². The molecule has 4 nitrogen and oxygen atoms in total. The molecule has 4 rings (SSSR count). The van der Waals surface area contributed by atoms with Gasteiger partial charge in [0.15, 0.2) is 5.16 Å². The number of imidazole rings is 1. The lowest BCUT2D eigenvalue weighted by molar-refractivity contribution is 0.886. The molecule has 0 unspecified atom stereocenters. The van der Waals surface area contributed by atoms with Gasteiger partial charge in [-0.1, -0.05) is 42.1 Å². The third kappa shape index (κ3) is 3.15. The smallest absolute Gasteiger partial charge is 0.172 e. The largest absolute Gasteiger partial charge is 0.295 e. The Balaban J connectivity index is 1.62. The molecule has 0 aliphatic heterocycles. The molecule has 2 aromatic carbocycles. The molecule has 2 heterocycles. The maximum Gasteiger partial charge on any atom is 0.172 e. The quantitative estimate of drug-likeness (QED) is 0.501. The molecule has 0 saturated heterocycles. The molecule has 5 heteroatoms. The molecule has 0 amide bonds. The zero-order chi connectivity index (χ0) is 17.2. The second kappa shape index (κ2) is 6.69. The van der Waals surface area contributed by atoms with Crippen LogP contribution < -0.4 is 0 Å². The fourth-order valence-electron chi connectivity index (χ4n) is 2.81. The SMILES string of the molecule is Cc1ccccc1-n1ccnc1SCc1nc2ccccc2nc1C. The van der Waals surface area contributed by atoms with E-state index in [9.17, 15) is 0 Å². The average molecular weight is 346 g/mol. The molecule has 0 spiro atoms. The van der Waals surface area contributed by atoms with E-state index in [0.29, 0.717) is 0 Å². The summed E-state index contributed by atoms with van der Waals surface area (Å²) in [4.78, 5) is 14.0. The minimum absolute atomic E-state index is 0.743. The number of hydrogen-bond donors (Lipinski definition) is 0. The molecule has 0 aliphatic rings. The predicted octanol–water partition coefficient (Wildman–Crippen LogP) is 4.72. The van der Waals surface area contributed by atoms with Crippen LogP contribution in [0.3, 0.4) is 0 Å². The van der Waals surface area contributed by atoms with Crippen molar-refractivity contribution in [2.75, 3.05) is 0 Å². The van der Waals surface area contributed by atoms with Gasteiger partial charge >= 0.3 is 0 Å². The number of para-hydroxylation sites is 3. The first kappa shape index (κ1) is 15.8. The van der Waals surface area contributed by atoms with Crippen LogP contribution in [0.2, 0.25) is 0 Å². The van der Waals surface area contributed by atoms with Crippen molar-refractivity contribution in [1.82, 2.24) is 19.5 Å². The van der Waals surface area contributed by atoms with Crippen LogP contribution in [0, 0.1) is 13.8 Å². The van der Waals surface area contributed by atoms with E-state index >= 15 is 0 Å². The maximum atomic E-state index is 4.77. The summed E-state index contributed by atoms with van der Waals surface area (Å²) in [5, 5.41) is 0.962. The van der Waals surface area contributed by atoms with Gasteiger partial charge in [-0.15, -0.1) is 0 Å². The Labute approximate surface area is 151 Å². The van der Waals surface area contributed by atoms with E-state index in [1.165, 1.54) is 5.56 Å². The zero-order valence-corrected chi connectivity index (χ0v) is 15.0. The van der Waals surface area contributed by atoms with Crippen molar-refractivity contribution in [3.63, 3.8) is 0 Å². The van der Waals surface area contributed by atoms with E-state index in [1.807, 2.05) is 43.6 Å². The molecule has 4 aromatic rings. The Morgan fingerprint density at radius 1 is 0.920 bits per heavy atom. The lowest BCUT2D eigenvalue weighted by Crippen LogP contribution is -2.00. The second-order valence-electron chi connectivity index (χ2n) is 5.90. The summed E-state index contributed by atoms with van der Waals surface area (Å²) in [5.41, 5.74) is 6.23. The van der Waals surface area contributed by atoms with E-state index in [2.05, 4.69) is 45.7 Å². The van der Waals surface area contributed by atoms with E-state index in [-0.39, 0.29) is 0 Å². The fourth-order valence-corrected chi connectivity index (χ4v) is 3.78. The summed E-state index contributed by atoms with van der Waals surface area (Å²) in [7, 11) is 0. The van der Waals surface area contributed by atoms with Gasteiger partial charge in [0.2, 0.25) is 0 Å². The van der Waals surface area contributed by atoms with Gasteiger partial charge in [-0.25, -0.2) is 15.0 Å². The molecule has 0 bridgehead atoms. The van der Waals surface area contributed by atoms with E-state index in [1.54, 1.807) is 11.8 Å². The van der Waals surface area contributed by atoms with Gasteiger partial charge in [0.25, 0.3) is 0 Å². The predicted molar refractivity (Wildman–Crippen MR) is 102 cm³/mol. The first-order chi connectivity index (χ1) is 12.2. The lowest BCUT2D eigenvalue weighted by Gasteiger charge is -2.11. The Bertz CT molecular complexity index is 1040. The van der Waals surface area contributed by atoms with Crippen LogP contribution in [-0.2, 0) is 5.75 Å². The molecule has 0 fully saturated rings. The highest BCUT2D eigenvalue weighted by molar-refractivity contribution is 7.98. The summed E-state index contributed by atoms with van der Waals surface area (Å²) < 4.78 is 2.13. The number of aromatic nitrogens is 4. The minimum Gasteiger partial charge on any atom is -0.295 e. The number of rotatable bonds is 4. The van der Waals surface area contributed by atoms with Gasteiger partial charge in [0, 0.05) is 18.1 Å². The summed E-state index contributed by atoms with van der Waals surface area (Å²) in [6.07, 6.45) is 3.84. The summed E-state index contributed by atoms with van der Waals surface area (Å²) in [6.45, 7) is 4.13. The van der Waals surface area contributed by atoms with Crippen LogP contribution in [0.4, 0.5) is 0 Å². The van der Waals surface area contributed by atoms with Crippen LogP contribution in [0.25, 0.3) is 16.7 Å². The van der Waals surface area contributed by atoms with E-state index < -0.39 is 0 Å². The average Bonchev–Trinajstić information content (AvgIpc) is 3.08. The van der Waals surface area contributed by atoms with Gasteiger partial charge in [-0.3, -0.25) is 4.57 Å². The number of hydrogen-bond acceptors (Lipinski definition) is 4. The number of thioether (sulfide) groups is 1. The molecule has 2 aromatic heterocycles. The molecule has 0 aliphatic carbocycles. The highest BCUT2D eigenvalue weighted by Gasteiger charge is 2.11. The van der Waals surface area contributed by atoms with Crippen LogP contribution in [0.15, 0.2) is 66.1 Å². The van der Waals surface area contributed by atoms with Crippen molar-refractivity contribution in [3.8, 4) is 5.69 Å². The van der Waals surface area contributed by atoms with Crippen LogP contribution in [-0.4, -0.2) is 19.5 Å². The molecule has 124 valence electrons. The number of benzene rings is 2. The fraction of sp³-hybridized carbons (Fsp3) is 0.150. The second-order valence-corrected chi connectivity index (χ2v) is 6.84. The molecule has 0 radical (unpaired) electrons. The molecular weight excluding hydrogens is 328 g/mol. The third-order valence-electron chi connectivity index (χ3n) is 4.16. The van der Waals surface area contributed by atoms with Crippen LogP contribution >= 0.6 is 11.8 Å². The van der Waals surface area contributed by atoms with Crippen molar-refractivity contribution < 1.29 is 0 Å². The van der Waals surface area contributed by atoms with Gasteiger partial charge in [0.05, 0.1) is 28.1 Å². The molecule has 0 N–H and O–H groups in total. The zero-order valence-electron chi connectivity index (χ0n) is 14.2. The highest BCUT2D eigenvalue weighted by Crippen LogP contribution is 2.26. The normalized spacial score (nSPS) is 11.1. The Morgan fingerprint density at radius 3 is 2.44 bits per heavy atom. The Kier molecular flexibility index (Phi) is 4.24. The molecule has 25 heavy (non-hydrogen) atoms. The van der Waals surface area contributed by atoms with Crippen LogP contribution in [0.1, 0.15) is 17.0 Å². The third-order valence-corrected chi connectivity index (χ3v) is 5.14. The molecule has 0 atom stereocenters. The Morgan fingerprint density at radius 2 is 1.64 bits per heavy atom. The number of aryl methyl sites for hydroxylation is 2. The minimum atomic E-state index is 0.743. The van der Waals surface area contributed by atoms with Gasteiger partial charge in [0.1, 0.15) is 0 Å². The first-order valence-electron chi connectivity index (χ1n) is 8.17. The van der Waals surface area contributed by atoms with Gasteiger partial charge in [-0.05, 0) is 37.6 Å². The van der Waals surface area contributed by atoms with Crippen molar-refractivity contribution in [1.29, 1.82) is 0 Å². The summed E-state index contributed by atoms with van der Waals surface area (Å²) in [5.74, 6) is 0.743.